The number of halogens is 1. The van der Waals surface area contributed by atoms with Gasteiger partial charge in [0.2, 0.25) is 0 Å². The summed E-state index contributed by atoms with van der Waals surface area (Å²) in [5, 5.41) is 2.69. The molecule has 1 amide bonds. The highest BCUT2D eigenvalue weighted by atomic mass is 19.1. The third-order valence-corrected chi connectivity index (χ3v) is 2.99. The number of ether oxygens (including phenoxy) is 1. The molecule has 0 bridgehead atoms. The third-order valence-electron chi connectivity index (χ3n) is 2.99. The minimum absolute atomic E-state index is 0.277. The van der Waals surface area contributed by atoms with E-state index < -0.39 is 6.10 Å². The van der Waals surface area contributed by atoms with Gasteiger partial charge in [-0.05, 0) is 68.3 Å². The molecule has 0 aliphatic carbocycles. The van der Waals surface area contributed by atoms with Crippen molar-refractivity contribution < 1.29 is 13.9 Å². The van der Waals surface area contributed by atoms with Gasteiger partial charge < -0.3 is 10.1 Å². The van der Waals surface area contributed by atoms with Crippen LogP contribution in [0.4, 0.5) is 10.1 Å². The number of benzene rings is 2. The van der Waals surface area contributed by atoms with Crippen LogP contribution in [0.2, 0.25) is 0 Å². The van der Waals surface area contributed by atoms with E-state index in [0.717, 1.165) is 11.1 Å². The molecule has 0 unspecified atom stereocenters. The fraction of sp³-hybridized carbons (Fsp3) is 0.235. The van der Waals surface area contributed by atoms with Crippen molar-refractivity contribution in [1.82, 2.24) is 0 Å². The Kier molecular flexibility index (Phi) is 4.58. The lowest BCUT2D eigenvalue weighted by atomic mass is 10.1. The van der Waals surface area contributed by atoms with Gasteiger partial charge in [0.25, 0.3) is 5.91 Å². The van der Waals surface area contributed by atoms with Crippen molar-refractivity contribution >= 4 is 11.6 Å². The van der Waals surface area contributed by atoms with Crippen LogP contribution in [0.1, 0.15) is 18.1 Å². The Balaban J connectivity index is 2.00. The Morgan fingerprint density at radius 3 is 2.24 bits per heavy atom. The van der Waals surface area contributed by atoms with E-state index in [0.29, 0.717) is 11.4 Å². The van der Waals surface area contributed by atoms with E-state index in [1.165, 1.54) is 24.3 Å². The van der Waals surface area contributed by atoms with E-state index in [1.807, 2.05) is 32.0 Å². The zero-order chi connectivity index (χ0) is 15.4. The van der Waals surface area contributed by atoms with E-state index in [1.54, 1.807) is 6.92 Å². The van der Waals surface area contributed by atoms with Crippen LogP contribution >= 0.6 is 0 Å². The van der Waals surface area contributed by atoms with Crippen molar-refractivity contribution in [1.29, 1.82) is 0 Å². The Labute approximate surface area is 123 Å². The molecule has 2 aromatic carbocycles. The van der Waals surface area contributed by atoms with Gasteiger partial charge in [-0.3, -0.25) is 4.79 Å². The average molecular weight is 287 g/mol. The van der Waals surface area contributed by atoms with Crippen LogP contribution in [-0.4, -0.2) is 12.0 Å². The molecule has 0 aliphatic heterocycles. The van der Waals surface area contributed by atoms with Crippen molar-refractivity contribution in [2.45, 2.75) is 26.9 Å². The molecular weight excluding hydrogens is 269 g/mol. The zero-order valence-corrected chi connectivity index (χ0v) is 12.3. The van der Waals surface area contributed by atoms with Gasteiger partial charge in [-0.2, -0.15) is 0 Å². The molecule has 0 aromatic heterocycles. The number of amides is 1. The lowest BCUT2D eigenvalue weighted by molar-refractivity contribution is -0.122. The van der Waals surface area contributed by atoms with E-state index in [4.69, 9.17) is 4.74 Å². The van der Waals surface area contributed by atoms with Gasteiger partial charge in [0.05, 0.1) is 0 Å². The van der Waals surface area contributed by atoms with E-state index >= 15 is 0 Å². The first-order chi connectivity index (χ1) is 9.94. The van der Waals surface area contributed by atoms with Crippen LogP contribution in [-0.2, 0) is 4.79 Å². The first kappa shape index (κ1) is 15.0. The first-order valence-corrected chi connectivity index (χ1v) is 6.75. The van der Waals surface area contributed by atoms with Crippen molar-refractivity contribution in [3.8, 4) is 5.75 Å². The summed E-state index contributed by atoms with van der Waals surface area (Å²) in [5.41, 5.74) is 2.70. The van der Waals surface area contributed by atoms with Crippen molar-refractivity contribution in [2.24, 2.45) is 0 Å². The molecule has 0 saturated carbocycles. The highest BCUT2D eigenvalue weighted by molar-refractivity contribution is 5.94. The number of carbonyl (C=O) groups is 1. The molecule has 0 aliphatic rings. The second kappa shape index (κ2) is 6.39. The predicted molar refractivity (Wildman–Crippen MR) is 81.0 cm³/mol. The molecule has 2 aromatic rings. The number of carbonyl (C=O) groups excluding carboxylic acids is 1. The van der Waals surface area contributed by atoms with Crippen molar-refractivity contribution in [3.05, 3.63) is 59.4 Å². The molecule has 1 atom stereocenters. The van der Waals surface area contributed by atoms with Gasteiger partial charge in [0.1, 0.15) is 11.6 Å². The van der Waals surface area contributed by atoms with E-state index in [-0.39, 0.29) is 11.7 Å². The molecule has 2 rings (SSSR count). The number of hydrogen-bond acceptors (Lipinski definition) is 2. The zero-order valence-electron chi connectivity index (χ0n) is 12.3. The Morgan fingerprint density at radius 1 is 1.10 bits per heavy atom. The second-order valence-corrected chi connectivity index (χ2v) is 5.08. The van der Waals surface area contributed by atoms with E-state index in [2.05, 4.69) is 5.32 Å². The largest absolute Gasteiger partial charge is 0.481 e. The minimum atomic E-state index is -0.642. The number of rotatable bonds is 4. The number of aryl methyl sites for hydroxylation is 2. The van der Waals surface area contributed by atoms with E-state index in [9.17, 15) is 9.18 Å². The summed E-state index contributed by atoms with van der Waals surface area (Å²) in [6.07, 6.45) is -0.642. The van der Waals surface area contributed by atoms with Crippen LogP contribution in [0.15, 0.2) is 42.5 Å². The van der Waals surface area contributed by atoms with Crippen molar-refractivity contribution in [2.75, 3.05) is 5.32 Å². The first-order valence-electron chi connectivity index (χ1n) is 6.75. The Morgan fingerprint density at radius 2 is 1.67 bits per heavy atom. The molecule has 0 saturated heterocycles. The topological polar surface area (TPSA) is 38.3 Å². The van der Waals surface area contributed by atoms with Gasteiger partial charge >= 0.3 is 0 Å². The fourth-order valence-corrected chi connectivity index (χ4v) is 2.04. The lowest BCUT2D eigenvalue weighted by Gasteiger charge is -2.15. The monoisotopic (exact) mass is 287 g/mol. The summed E-state index contributed by atoms with van der Waals surface area (Å²) >= 11 is 0. The quantitative estimate of drug-likeness (QED) is 0.927. The molecule has 21 heavy (non-hydrogen) atoms. The van der Waals surface area contributed by atoms with Gasteiger partial charge in [0, 0.05) is 5.69 Å². The summed E-state index contributed by atoms with van der Waals surface area (Å²) in [6.45, 7) is 5.63. The summed E-state index contributed by atoms with van der Waals surface area (Å²) < 4.78 is 18.5. The second-order valence-electron chi connectivity index (χ2n) is 5.08. The number of hydrogen-bond donors (Lipinski definition) is 1. The third kappa shape index (κ3) is 4.31. The molecule has 0 radical (unpaired) electrons. The minimum Gasteiger partial charge on any atom is -0.481 e. The van der Waals surface area contributed by atoms with Gasteiger partial charge in [0.15, 0.2) is 6.10 Å². The van der Waals surface area contributed by atoms with Gasteiger partial charge in [-0.15, -0.1) is 0 Å². The molecule has 3 nitrogen and oxygen atoms in total. The number of nitrogens with one attached hydrogen (secondary N) is 1. The highest BCUT2D eigenvalue weighted by Gasteiger charge is 2.15. The maximum atomic E-state index is 12.8. The molecule has 4 heteroatoms. The predicted octanol–water partition coefficient (Wildman–Crippen LogP) is 3.85. The molecule has 0 fully saturated rings. The SMILES string of the molecule is Cc1cc(C)cc(O[C@H](C)C(=O)Nc2ccc(F)cc2)c1. The number of anilines is 1. The molecule has 0 spiro atoms. The van der Waals surface area contributed by atoms with Crippen LogP contribution in [0.25, 0.3) is 0 Å². The van der Waals surface area contributed by atoms with Gasteiger partial charge in [-0.1, -0.05) is 6.07 Å². The summed E-state index contributed by atoms with van der Waals surface area (Å²) in [6, 6.07) is 11.4. The van der Waals surface area contributed by atoms with Crippen LogP contribution in [0, 0.1) is 19.7 Å². The summed E-state index contributed by atoms with van der Waals surface area (Å²) in [5.74, 6) is 0.0440. The fourth-order valence-electron chi connectivity index (χ4n) is 2.04. The Bertz CT molecular complexity index is 617. The van der Waals surface area contributed by atoms with Crippen LogP contribution in [0.5, 0.6) is 5.75 Å². The molecule has 1 N–H and O–H groups in total. The van der Waals surface area contributed by atoms with Gasteiger partial charge in [-0.25, -0.2) is 4.39 Å². The smallest absolute Gasteiger partial charge is 0.265 e. The normalized spacial score (nSPS) is 11.8. The average Bonchev–Trinajstić information content (AvgIpc) is 2.40. The van der Waals surface area contributed by atoms with Crippen LogP contribution in [0.3, 0.4) is 0 Å². The molecule has 110 valence electrons. The van der Waals surface area contributed by atoms with Crippen molar-refractivity contribution in [3.63, 3.8) is 0 Å². The van der Waals surface area contributed by atoms with Crippen LogP contribution < -0.4 is 10.1 Å². The Hall–Kier alpha value is -2.36. The maximum Gasteiger partial charge on any atom is 0.265 e. The lowest BCUT2D eigenvalue weighted by Crippen LogP contribution is -2.30. The standard InChI is InChI=1S/C17H18FNO2/c1-11-8-12(2)10-16(9-11)21-13(3)17(20)19-15-6-4-14(18)5-7-15/h4-10,13H,1-3H3,(H,19,20)/t13-/m1/s1. The highest BCUT2D eigenvalue weighted by Crippen LogP contribution is 2.18. The summed E-state index contributed by atoms with van der Waals surface area (Å²) in [7, 11) is 0. The maximum absolute atomic E-state index is 12.8. The summed E-state index contributed by atoms with van der Waals surface area (Å²) in [4.78, 5) is 12.0. The molecule has 0 heterocycles. The molecular formula is C17H18FNO2.